The second-order valence-electron chi connectivity index (χ2n) is 5.20. The van der Waals surface area contributed by atoms with E-state index in [1.807, 2.05) is 26.8 Å². The summed E-state index contributed by atoms with van der Waals surface area (Å²) in [4.78, 5) is 11.0. The molecule has 2 atom stereocenters. The second kappa shape index (κ2) is 3.97. The van der Waals surface area contributed by atoms with Crippen LogP contribution in [0.25, 0.3) is 0 Å². The van der Waals surface area contributed by atoms with E-state index in [-0.39, 0.29) is 11.3 Å². The fourth-order valence-electron chi connectivity index (χ4n) is 2.70. The normalized spacial score (nSPS) is 35.6. The van der Waals surface area contributed by atoms with Gasteiger partial charge in [0.1, 0.15) is 0 Å². The average Bonchev–Trinajstić information content (AvgIpc) is 2.00. The summed E-state index contributed by atoms with van der Waals surface area (Å²) in [5.41, 5.74) is -1.16. The number of carboxylic acid groups (broad SMARTS) is 1. The van der Waals surface area contributed by atoms with Crippen molar-refractivity contribution in [3.05, 3.63) is 12.2 Å². The Hall–Kier alpha value is -0.830. The summed E-state index contributed by atoms with van der Waals surface area (Å²) in [6.07, 6.45) is 5.21. The Bertz CT molecular complexity index is 281. The molecule has 86 valence electrons. The number of allylic oxidation sites excluding steroid dienone is 1. The van der Waals surface area contributed by atoms with E-state index in [1.165, 1.54) is 0 Å². The van der Waals surface area contributed by atoms with E-state index in [0.717, 1.165) is 0 Å². The summed E-state index contributed by atoms with van der Waals surface area (Å²) < 4.78 is 0. The molecule has 0 aliphatic heterocycles. The Labute approximate surface area is 90.8 Å². The van der Waals surface area contributed by atoms with Crippen LogP contribution in [0.3, 0.4) is 0 Å². The van der Waals surface area contributed by atoms with E-state index in [1.54, 1.807) is 6.08 Å². The highest BCUT2D eigenvalue weighted by Crippen LogP contribution is 2.45. The molecule has 1 rings (SSSR count). The number of hydrogen-bond acceptors (Lipinski definition) is 2. The lowest BCUT2D eigenvalue weighted by molar-refractivity contribution is -0.151. The molecule has 0 amide bonds. The van der Waals surface area contributed by atoms with Crippen molar-refractivity contribution in [2.75, 3.05) is 0 Å². The van der Waals surface area contributed by atoms with Crippen LogP contribution in [0.4, 0.5) is 0 Å². The van der Waals surface area contributed by atoms with Gasteiger partial charge in [0, 0.05) is 0 Å². The molecule has 2 N–H and O–H groups in total. The smallest absolute Gasteiger partial charge is 0.307 e. The van der Waals surface area contributed by atoms with Gasteiger partial charge in [-0.3, -0.25) is 4.79 Å². The lowest BCUT2D eigenvalue weighted by Crippen LogP contribution is -2.45. The van der Waals surface area contributed by atoms with Crippen molar-refractivity contribution in [1.82, 2.24) is 0 Å². The van der Waals surface area contributed by atoms with Crippen LogP contribution in [0.5, 0.6) is 0 Å². The first-order valence-electron chi connectivity index (χ1n) is 5.40. The molecule has 0 radical (unpaired) electrons. The number of hydrogen-bond donors (Lipinski definition) is 2. The molecular weight excluding hydrogens is 192 g/mol. The van der Waals surface area contributed by atoms with Gasteiger partial charge in [-0.2, -0.15) is 0 Å². The zero-order valence-corrected chi connectivity index (χ0v) is 9.66. The zero-order valence-electron chi connectivity index (χ0n) is 9.66. The summed E-state index contributed by atoms with van der Waals surface area (Å²) >= 11 is 0. The van der Waals surface area contributed by atoms with E-state index < -0.39 is 11.6 Å². The minimum absolute atomic E-state index is 0.344. The van der Waals surface area contributed by atoms with Crippen LogP contribution in [0, 0.1) is 11.3 Å². The number of carboxylic acids is 1. The second-order valence-corrected chi connectivity index (χ2v) is 5.20. The van der Waals surface area contributed by atoms with Gasteiger partial charge < -0.3 is 10.2 Å². The zero-order chi connectivity index (χ0) is 11.7. The first kappa shape index (κ1) is 12.2. The largest absolute Gasteiger partial charge is 0.481 e. The predicted octanol–water partition coefficient (Wildman–Crippen LogP) is 2.20. The van der Waals surface area contributed by atoms with Crippen molar-refractivity contribution in [1.29, 1.82) is 0 Å². The minimum atomic E-state index is -0.815. The van der Waals surface area contributed by atoms with Crippen molar-refractivity contribution in [3.8, 4) is 0 Å². The summed E-state index contributed by atoms with van der Waals surface area (Å²) in [5, 5.41) is 19.3. The highest BCUT2D eigenvalue weighted by atomic mass is 16.4. The fraction of sp³-hybridized carbons (Fsp3) is 0.750. The van der Waals surface area contributed by atoms with E-state index in [4.69, 9.17) is 5.11 Å². The van der Waals surface area contributed by atoms with Crippen molar-refractivity contribution < 1.29 is 15.0 Å². The van der Waals surface area contributed by atoms with Crippen molar-refractivity contribution in [2.45, 2.75) is 45.6 Å². The Morgan fingerprint density at radius 2 is 2.07 bits per heavy atom. The first-order chi connectivity index (χ1) is 6.81. The Kier molecular flexibility index (Phi) is 3.24. The SMILES string of the molecule is C/C=C/[C@@]1(O)CC[C@H](C(=O)O)C(C)(C)C1. The van der Waals surface area contributed by atoms with Crippen LogP contribution in [-0.2, 0) is 4.79 Å². The average molecular weight is 212 g/mol. The third-order valence-electron chi connectivity index (χ3n) is 3.35. The fourth-order valence-corrected chi connectivity index (χ4v) is 2.70. The molecule has 1 aliphatic carbocycles. The topological polar surface area (TPSA) is 57.5 Å². The maximum atomic E-state index is 11.0. The highest BCUT2D eigenvalue weighted by Gasteiger charge is 2.45. The van der Waals surface area contributed by atoms with Gasteiger partial charge in [-0.15, -0.1) is 0 Å². The summed E-state index contributed by atoms with van der Waals surface area (Å²) in [6, 6.07) is 0. The molecule has 1 aliphatic rings. The maximum absolute atomic E-state index is 11.0. The van der Waals surface area contributed by atoms with Gasteiger partial charge in [-0.25, -0.2) is 0 Å². The van der Waals surface area contributed by atoms with Gasteiger partial charge in [-0.1, -0.05) is 26.0 Å². The van der Waals surface area contributed by atoms with Crippen LogP contribution in [-0.4, -0.2) is 21.8 Å². The van der Waals surface area contributed by atoms with Crippen LogP contribution in [0.1, 0.15) is 40.0 Å². The minimum Gasteiger partial charge on any atom is -0.481 e. The molecule has 0 spiro atoms. The maximum Gasteiger partial charge on any atom is 0.307 e. The molecule has 15 heavy (non-hydrogen) atoms. The van der Waals surface area contributed by atoms with E-state index in [0.29, 0.717) is 19.3 Å². The molecule has 1 fully saturated rings. The summed E-state index contributed by atoms with van der Waals surface area (Å²) in [5.74, 6) is -1.09. The van der Waals surface area contributed by atoms with Crippen molar-refractivity contribution in [2.24, 2.45) is 11.3 Å². The lowest BCUT2D eigenvalue weighted by Gasteiger charge is -2.43. The molecule has 0 heterocycles. The summed E-state index contributed by atoms with van der Waals surface area (Å²) in [6.45, 7) is 5.70. The molecule has 1 saturated carbocycles. The first-order valence-corrected chi connectivity index (χ1v) is 5.40. The predicted molar refractivity (Wildman–Crippen MR) is 58.5 cm³/mol. The molecule has 3 heteroatoms. The van der Waals surface area contributed by atoms with Crippen LogP contribution < -0.4 is 0 Å². The molecule has 0 aromatic rings. The molecule has 0 saturated heterocycles. The lowest BCUT2D eigenvalue weighted by atomic mass is 9.63. The standard InChI is InChI=1S/C12H20O3/c1-4-6-12(15)7-5-9(10(13)14)11(2,3)8-12/h4,6,9,15H,5,7-8H2,1-3H3,(H,13,14)/b6-4+/t9-,12-/m1/s1. The van der Waals surface area contributed by atoms with Crippen molar-refractivity contribution in [3.63, 3.8) is 0 Å². The quantitative estimate of drug-likeness (QED) is 0.690. The van der Waals surface area contributed by atoms with Gasteiger partial charge in [0.25, 0.3) is 0 Å². The van der Waals surface area contributed by atoms with Gasteiger partial charge in [0.2, 0.25) is 0 Å². The molecule has 0 bridgehead atoms. The van der Waals surface area contributed by atoms with E-state index in [9.17, 15) is 9.90 Å². The van der Waals surface area contributed by atoms with Gasteiger partial charge >= 0.3 is 5.97 Å². The van der Waals surface area contributed by atoms with Crippen LogP contribution in [0.2, 0.25) is 0 Å². The molecule has 0 aromatic carbocycles. The van der Waals surface area contributed by atoms with Gasteiger partial charge in [0.15, 0.2) is 0 Å². The summed E-state index contributed by atoms with van der Waals surface area (Å²) in [7, 11) is 0. The van der Waals surface area contributed by atoms with Crippen LogP contribution >= 0.6 is 0 Å². The van der Waals surface area contributed by atoms with Crippen molar-refractivity contribution >= 4 is 5.97 Å². The van der Waals surface area contributed by atoms with E-state index in [2.05, 4.69) is 0 Å². The molecule has 0 aromatic heterocycles. The number of carbonyl (C=O) groups is 1. The number of rotatable bonds is 2. The number of aliphatic hydroxyl groups is 1. The molecular formula is C12H20O3. The molecule has 0 unspecified atom stereocenters. The Morgan fingerprint density at radius 3 is 2.47 bits per heavy atom. The third-order valence-corrected chi connectivity index (χ3v) is 3.35. The Morgan fingerprint density at radius 1 is 1.47 bits per heavy atom. The van der Waals surface area contributed by atoms with Gasteiger partial charge in [-0.05, 0) is 31.6 Å². The molecule has 3 nitrogen and oxygen atoms in total. The Balaban J connectivity index is 2.85. The van der Waals surface area contributed by atoms with Gasteiger partial charge in [0.05, 0.1) is 11.5 Å². The third kappa shape index (κ3) is 2.59. The highest BCUT2D eigenvalue weighted by molar-refractivity contribution is 5.71. The monoisotopic (exact) mass is 212 g/mol. The van der Waals surface area contributed by atoms with E-state index >= 15 is 0 Å². The van der Waals surface area contributed by atoms with Crippen LogP contribution in [0.15, 0.2) is 12.2 Å². The number of aliphatic carboxylic acids is 1.